The number of halogens is 2. The molecule has 0 saturated heterocycles. The first-order valence-corrected chi connectivity index (χ1v) is 7.04. The van der Waals surface area contributed by atoms with Crippen LogP contribution in [0.3, 0.4) is 0 Å². The van der Waals surface area contributed by atoms with Gasteiger partial charge in [0.25, 0.3) is 0 Å². The molecular weight excluding hydrogens is 280 g/mol. The Balaban J connectivity index is 2.13. The summed E-state index contributed by atoms with van der Waals surface area (Å²) in [4.78, 5) is 1.32. The Kier molecular flexibility index (Phi) is 3.25. The van der Waals surface area contributed by atoms with E-state index in [4.69, 9.17) is 11.6 Å². The summed E-state index contributed by atoms with van der Waals surface area (Å²) < 4.78 is 1.22. The van der Waals surface area contributed by atoms with Crippen LogP contribution >= 0.6 is 38.9 Å². The van der Waals surface area contributed by atoms with Crippen molar-refractivity contribution in [2.24, 2.45) is 11.8 Å². The van der Waals surface area contributed by atoms with Crippen molar-refractivity contribution in [3.8, 4) is 0 Å². The normalized spacial score (nSPS) is 20.9. The van der Waals surface area contributed by atoms with Crippen molar-refractivity contribution < 1.29 is 0 Å². The number of hydrogen-bond acceptors (Lipinski definition) is 1. The second-order valence-corrected chi connectivity index (χ2v) is 7.08. The van der Waals surface area contributed by atoms with Gasteiger partial charge in [0.1, 0.15) is 0 Å². The van der Waals surface area contributed by atoms with E-state index in [-0.39, 0.29) is 5.38 Å². The lowest BCUT2D eigenvalue weighted by Crippen LogP contribution is -2.04. The van der Waals surface area contributed by atoms with Crippen molar-refractivity contribution in [3.63, 3.8) is 0 Å². The maximum absolute atomic E-state index is 6.47. The molecule has 0 aromatic carbocycles. The topological polar surface area (TPSA) is 0 Å². The zero-order valence-electron chi connectivity index (χ0n) is 8.39. The molecule has 14 heavy (non-hydrogen) atoms. The van der Waals surface area contributed by atoms with Gasteiger partial charge in [-0.15, -0.1) is 22.9 Å². The van der Waals surface area contributed by atoms with Gasteiger partial charge in [-0.1, -0.05) is 6.92 Å². The third-order valence-electron chi connectivity index (χ3n) is 2.98. The van der Waals surface area contributed by atoms with Crippen molar-refractivity contribution in [2.45, 2.75) is 32.1 Å². The Labute approximate surface area is 103 Å². The molecule has 2 rings (SSSR count). The Morgan fingerprint density at radius 2 is 2.21 bits per heavy atom. The van der Waals surface area contributed by atoms with Crippen LogP contribution in [0.1, 0.15) is 35.6 Å². The average molecular weight is 294 g/mol. The van der Waals surface area contributed by atoms with E-state index in [9.17, 15) is 0 Å². The van der Waals surface area contributed by atoms with E-state index in [0.29, 0.717) is 5.92 Å². The highest BCUT2D eigenvalue weighted by atomic mass is 79.9. The van der Waals surface area contributed by atoms with Gasteiger partial charge in [-0.25, -0.2) is 0 Å². The fourth-order valence-electron chi connectivity index (χ4n) is 1.74. The van der Waals surface area contributed by atoms with Crippen LogP contribution in [0, 0.1) is 18.8 Å². The molecule has 1 heterocycles. The quantitative estimate of drug-likeness (QED) is 0.677. The summed E-state index contributed by atoms with van der Waals surface area (Å²) in [6.07, 6.45) is 2.74. The van der Waals surface area contributed by atoms with Crippen molar-refractivity contribution in [1.29, 1.82) is 0 Å². The summed E-state index contributed by atoms with van der Waals surface area (Å²) in [7, 11) is 0. The summed E-state index contributed by atoms with van der Waals surface area (Å²) in [5.41, 5.74) is 1.30. The molecule has 0 bridgehead atoms. The lowest BCUT2D eigenvalue weighted by Gasteiger charge is -2.15. The molecule has 2 atom stereocenters. The standard InChI is InChI=1S/C11H14BrClS/c1-6-5-9(14-11(6)12)10(13)7(2)8-3-4-8/h5,7-8,10H,3-4H2,1-2H3. The largest absolute Gasteiger partial charge is 0.131 e. The molecule has 2 unspecified atom stereocenters. The fourth-order valence-corrected chi connectivity index (χ4v) is 3.81. The number of alkyl halides is 1. The SMILES string of the molecule is Cc1cc(C(Cl)C(C)C2CC2)sc1Br. The van der Waals surface area contributed by atoms with Crippen LogP contribution in [-0.4, -0.2) is 0 Å². The Morgan fingerprint density at radius 3 is 2.64 bits per heavy atom. The van der Waals surface area contributed by atoms with Crippen molar-refractivity contribution in [3.05, 3.63) is 20.3 Å². The molecule has 0 aliphatic heterocycles. The van der Waals surface area contributed by atoms with Crippen LogP contribution in [0.4, 0.5) is 0 Å². The lowest BCUT2D eigenvalue weighted by atomic mass is 10.0. The van der Waals surface area contributed by atoms with Gasteiger partial charge in [0.05, 0.1) is 9.16 Å². The van der Waals surface area contributed by atoms with Gasteiger partial charge >= 0.3 is 0 Å². The lowest BCUT2D eigenvalue weighted by molar-refractivity contribution is 0.495. The third kappa shape index (κ3) is 2.17. The average Bonchev–Trinajstić information content (AvgIpc) is 2.93. The predicted molar refractivity (Wildman–Crippen MR) is 67.2 cm³/mol. The molecule has 1 aliphatic rings. The molecule has 1 aromatic rings. The zero-order valence-corrected chi connectivity index (χ0v) is 11.5. The van der Waals surface area contributed by atoms with Crippen LogP contribution in [-0.2, 0) is 0 Å². The number of thiophene rings is 1. The van der Waals surface area contributed by atoms with Gasteiger partial charge in [0, 0.05) is 4.88 Å². The molecule has 0 amide bonds. The smallest absolute Gasteiger partial charge is 0.0731 e. The summed E-state index contributed by atoms with van der Waals surface area (Å²) in [6, 6.07) is 2.21. The van der Waals surface area contributed by atoms with E-state index in [1.165, 1.54) is 27.1 Å². The van der Waals surface area contributed by atoms with E-state index in [2.05, 4.69) is 35.8 Å². The third-order valence-corrected chi connectivity index (χ3v) is 5.96. The van der Waals surface area contributed by atoms with Gasteiger partial charge in [-0.3, -0.25) is 0 Å². The first-order chi connectivity index (χ1) is 6.59. The van der Waals surface area contributed by atoms with Crippen LogP contribution in [0.2, 0.25) is 0 Å². The zero-order chi connectivity index (χ0) is 10.3. The van der Waals surface area contributed by atoms with Crippen LogP contribution in [0.25, 0.3) is 0 Å². The highest BCUT2D eigenvalue weighted by molar-refractivity contribution is 9.11. The summed E-state index contributed by atoms with van der Waals surface area (Å²) in [5, 5.41) is 0.206. The molecule has 3 heteroatoms. The second kappa shape index (κ2) is 4.15. The minimum absolute atomic E-state index is 0.206. The predicted octanol–water partition coefficient (Wildman–Crippen LogP) is 5.15. The van der Waals surface area contributed by atoms with Gasteiger partial charge < -0.3 is 0 Å². The summed E-state index contributed by atoms with van der Waals surface area (Å²) >= 11 is 11.8. The Hall–Kier alpha value is 0.470. The van der Waals surface area contributed by atoms with Crippen LogP contribution in [0.5, 0.6) is 0 Å². The molecule has 0 spiro atoms. The fraction of sp³-hybridized carbons (Fsp3) is 0.636. The minimum Gasteiger partial charge on any atom is -0.131 e. The van der Waals surface area contributed by atoms with Gasteiger partial charge in [-0.05, 0) is 59.2 Å². The maximum atomic E-state index is 6.47. The molecule has 78 valence electrons. The van der Waals surface area contributed by atoms with Crippen LogP contribution < -0.4 is 0 Å². The van der Waals surface area contributed by atoms with Crippen molar-refractivity contribution >= 4 is 38.9 Å². The maximum Gasteiger partial charge on any atom is 0.0731 e. The Morgan fingerprint density at radius 1 is 1.57 bits per heavy atom. The second-order valence-electron chi connectivity index (χ2n) is 4.20. The van der Waals surface area contributed by atoms with Gasteiger partial charge in [0.15, 0.2) is 0 Å². The first-order valence-electron chi connectivity index (χ1n) is 4.99. The molecule has 1 saturated carbocycles. The van der Waals surface area contributed by atoms with E-state index in [1.807, 2.05) is 0 Å². The number of rotatable bonds is 3. The highest BCUT2D eigenvalue weighted by Gasteiger charge is 2.33. The van der Waals surface area contributed by atoms with E-state index in [0.717, 1.165) is 5.92 Å². The molecule has 1 fully saturated rings. The molecule has 0 N–H and O–H groups in total. The number of hydrogen-bond donors (Lipinski definition) is 0. The van der Waals surface area contributed by atoms with Crippen molar-refractivity contribution in [2.75, 3.05) is 0 Å². The van der Waals surface area contributed by atoms with E-state index in [1.54, 1.807) is 11.3 Å². The van der Waals surface area contributed by atoms with E-state index >= 15 is 0 Å². The molecule has 1 aliphatic carbocycles. The Bertz CT molecular complexity index is 311. The molecule has 0 radical (unpaired) electrons. The summed E-state index contributed by atoms with van der Waals surface area (Å²) in [6.45, 7) is 4.40. The highest BCUT2D eigenvalue weighted by Crippen LogP contribution is 2.47. The number of aryl methyl sites for hydroxylation is 1. The molecular formula is C11H14BrClS. The van der Waals surface area contributed by atoms with Gasteiger partial charge in [0.2, 0.25) is 0 Å². The van der Waals surface area contributed by atoms with Gasteiger partial charge in [-0.2, -0.15) is 0 Å². The van der Waals surface area contributed by atoms with E-state index < -0.39 is 0 Å². The van der Waals surface area contributed by atoms with Crippen LogP contribution in [0.15, 0.2) is 9.85 Å². The molecule has 0 nitrogen and oxygen atoms in total. The monoisotopic (exact) mass is 292 g/mol. The summed E-state index contributed by atoms with van der Waals surface area (Å²) in [5.74, 6) is 1.50. The minimum atomic E-state index is 0.206. The molecule has 1 aromatic heterocycles. The first kappa shape index (κ1) is 11.0. The van der Waals surface area contributed by atoms with Crippen molar-refractivity contribution in [1.82, 2.24) is 0 Å².